The second-order valence-corrected chi connectivity index (χ2v) is 11.0. The Morgan fingerprint density at radius 3 is 2.48 bits per heavy atom. The zero-order chi connectivity index (χ0) is 23.4. The second kappa shape index (κ2) is 10.3. The molecule has 0 bridgehead atoms. The monoisotopic (exact) mass is 472 g/mol. The summed E-state index contributed by atoms with van der Waals surface area (Å²) in [7, 11) is 1.66. The molecular weight excluding hydrogens is 436 g/mol. The van der Waals surface area contributed by atoms with Gasteiger partial charge in [0.2, 0.25) is 5.13 Å². The molecule has 33 heavy (non-hydrogen) atoms. The van der Waals surface area contributed by atoms with Crippen LogP contribution in [-0.4, -0.2) is 60.9 Å². The first-order valence-electron chi connectivity index (χ1n) is 12.0. The Morgan fingerprint density at radius 1 is 1.09 bits per heavy atom. The van der Waals surface area contributed by atoms with Crippen LogP contribution in [0.1, 0.15) is 69.4 Å². The Balaban J connectivity index is 1.30. The quantitative estimate of drug-likeness (QED) is 0.611. The van der Waals surface area contributed by atoms with Crippen LogP contribution in [0.2, 0.25) is 0 Å². The third kappa shape index (κ3) is 5.78. The summed E-state index contributed by atoms with van der Waals surface area (Å²) in [6.07, 6.45) is 6.42. The largest absolute Gasteiger partial charge is 0.497 e. The SMILES string of the molecule is COc1ccc(OCC(=O)N2CCN(c3nnc(C4CCCCC4)s3)CC2)c(C(C)(C)C)c1. The van der Waals surface area contributed by atoms with Gasteiger partial charge in [0.1, 0.15) is 16.5 Å². The molecule has 2 aromatic rings. The summed E-state index contributed by atoms with van der Waals surface area (Å²) < 4.78 is 11.3. The van der Waals surface area contributed by atoms with E-state index in [0.717, 1.165) is 35.3 Å². The summed E-state index contributed by atoms with van der Waals surface area (Å²) in [4.78, 5) is 17.0. The molecule has 1 saturated carbocycles. The van der Waals surface area contributed by atoms with E-state index in [4.69, 9.17) is 9.47 Å². The molecule has 0 radical (unpaired) electrons. The van der Waals surface area contributed by atoms with Crippen LogP contribution in [0, 0.1) is 0 Å². The number of carbonyl (C=O) groups excluding carboxylic acids is 1. The first-order chi connectivity index (χ1) is 15.8. The van der Waals surface area contributed by atoms with Crippen LogP contribution in [0.4, 0.5) is 5.13 Å². The fourth-order valence-corrected chi connectivity index (χ4v) is 5.66. The van der Waals surface area contributed by atoms with Crippen molar-refractivity contribution in [3.63, 3.8) is 0 Å². The minimum atomic E-state index is -0.114. The number of carbonyl (C=O) groups is 1. The Kier molecular flexibility index (Phi) is 7.41. The topological polar surface area (TPSA) is 67.8 Å². The molecule has 0 unspecified atom stereocenters. The van der Waals surface area contributed by atoms with Crippen molar-refractivity contribution in [3.05, 3.63) is 28.8 Å². The fourth-order valence-electron chi connectivity index (χ4n) is 4.59. The molecular formula is C25H36N4O3S. The van der Waals surface area contributed by atoms with E-state index in [1.807, 2.05) is 23.1 Å². The van der Waals surface area contributed by atoms with E-state index in [1.165, 1.54) is 37.1 Å². The molecule has 2 fully saturated rings. The maximum atomic E-state index is 12.8. The van der Waals surface area contributed by atoms with Gasteiger partial charge in [0.25, 0.3) is 5.91 Å². The van der Waals surface area contributed by atoms with Gasteiger partial charge in [-0.15, -0.1) is 10.2 Å². The van der Waals surface area contributed by atoms with Gasteiger partial charge in [-0.05, 0) is 36.5 Å². The van der Waals surface area contributed by atoms with Gasteiger partial charge < -0.3 is 19.3 Å². The van der Waals surface area contributed by atoms with Gasteiger partial charge in [-0.3, -0.25) is 4.79 Å². The second-order valence-electron chi connectivity index (χ2n) is 10.0. The molecule has 1 aromatic heterocycles. The van der Waals surface area contributed by atoms with Crippen molar-refractivity contribution in [1.82, 2.24) is 15.1 Å². The van der Waals surface area contributed by atoms with Crippen LogP contribution in [-0.2, 0) is 10.2 Å². The van der Waals surface area contributed by atoms with Gasteiger partial charge in [0, 0.05) is 37.7 Å². The van der Waals surface area contributed by atoms with Crippen LogP contribution < -0.4 is 14.4 Å². The third-order valence-corrected chi connectivity index (χ3v) is 7.78. The van der Waals surface area contributed by atoms with Crippen LogP contribution >= 0.6 is 11.3 Å². The lowest BCUT2D eigenvalue weighted by molar-refractivity contribution is -0.133. The predicted octanol–water partition coefficient (Wildman–Crippen LogP) is 4.62. The molecule has 8 heteroatoms. The van der Waals surface area contributed by atoms with E-state index in [1.54, 1.807) is 18.4 Å². The predicted molar refractivity (Wildman–Crippen MR) is 132 cm³/mol. The van der Waals surface area contributed by atoms with E-state index in [-0.39, 0.29) is 17.9 Å². The zero-order valence-corrected chi connectivity index (χ0v) is 21.1. The highest BCUT2D eigenvalue weighted by molar-refractivity contribution is 7.15. The molecule has 1 aliphatic carbocycles. The van der Waals surface area contributed by atoms with Crippen molar-refractivity contribution >= 4 is 22.4 Å². The molecule has 1 amide bonds. The molecule has 1 aliphatic heterocycles. The molecule has 7 nitrogen and oxygen atoms in total. The van der Waals surface area contributed by atoms with Crippen LogP contribution in [0.25, 0.3) is 0 Å². The van der Waals surface area contributed by atoms with Gasteiger partial charge in [-0.2, -0.15) is 0 Å². The minimum Gasteiger partial charge on any atom is -0.497 e. The maximum absolute atomic E-state index is 12.8. The molecule has 180 valence electrons. The summed E-state index contributed by atoms with van der Waals surface area (Å²) in [5, 5.41) is 11.1. The number of hydrogen-bond acceptors (Lipinski definition) is 7. The minimum absolute atomic E-state index is 0.0190. The standard InChI is InChI=1S/C25H36N4O3S/c1-25(2,3)20-16-19(31-4)10-11-21(20)32-17-22(30)28-12-14-29(15-13-28)24-27-26-23(33-24)18-8-6-5-7-9-18/h10-11,16,18H,5-9,12-15,17H2,1-4H3. The number of amides is 1. The summed E-state index contributed by atoms with van der Waals surface area (Å²) in [6, 6.07) is 5.75. The summed E-state index contributed by atoms with van der Waals surface area (Å²) in [5.74, 6) is 2.13. The molecule has 0 N–H and O–H groups in total. The van der Waals surface area contributed by atoms with Gasteiger partial charge in [-0.1, -0.05) is 51.4 Å². The first kappa shape index (κ1) is 23.8. The smallest absolute Gasteiger partial charge is 0.260 e. The van der Waals surface area contributed by atoms with Gasteiger partial charge in [0.05, 0.1) is 7.11 Å². The van der Waals surface area contributed by atoms with E-state index in [0.29, 0.717) is 19.0 Å². The molecule has 4 rings (SSSR count). The first-order valence-corrected chi connectivity index (χ1v) is 12.8. The molecule has 2 aliphatic rings. The number of hydrogen-bond donors (Lipinski definition) is 0. The van der Waals surface area contributed by atoms with Gasteiger partial charge >= 0.3 is 0 Å². The average Bonchev–Trinajstić information content (AvgIpc) is 3.33. The van der Waals surface area contributed by atoms with Crippen molar-refractivity contribution in [2.24, 2.45) is 0 Å². The Morgan fingerprint density at radius 2 is 1.82 bits per heavy atom. The van der Waals surface area contributed by atoms with Gasteiger partial charge in [0.15, 0.2) is 6.61 Å². The van der Waals surface area contributed by atoms with Crippen molar-refractivity contribution in [2.45, 2.75) is 64.2 Å². The zero-order valence-electron chi connectivity index (χ0n) is 20.3. The summed E-state index contributed by atoms with van der Waals surface area (Å²) in [5.41, 5.74) is 0.918. The number of nitrogens with zero attached hydrogens (tertiary/aromatic N) is 4. The van der Waals surface area contributed by atoms with E-state index >= 15 is 0 Å². The van der Waals surface area contributed by atoms with E-state index in [2.05, 4.69) is 35.9 Å². The molecule has 1 saturated heterocycles. The highest BCUT2D eigenvalue weighted by Gasteiger charge is 2.26. The van der Waals surface area contributed by atoms with E-state index < -0.39 is 0 Å². The Labute approximate surface area is 201 Å². The maximum Gasteiger partial charge on any atom is 0.260 e. The van der Waals surface area contributed by atoms with Gasteiger partial charge in [-0.25, -0.2) is 0 Å². The fraction of sp³-hybridized carbons (Fsp3) is 0.640. The summed E-state index contributed by atoms with van der Waals surface area (Å²) >= 11 is 1.74. The van der Waals surface area contributed by atoms with Crippen LogP contribution in [0.15, 0.2) is 18.2 Å². The normalized spacial score (nSPS) is 17.8. The highest BCUT2D eigenvalue weighted by Crippen LogP contribution is 2.36. The number of benzene rings is 1. The number of rotatable bonds is 6. The van der Waals surface area contributed by atoms with Crippen molar-refractivity contribution < 1.29 is 14.3 Å². The lowest BCUT2D eigenvalue weighted by Crippen LogP contribution is -2.50. The van der Waals surface area contributed by atoms with Crippen molar-refractivity contribution in [3.8, 4) is 11.5 Å². The molecule has 0 atom stereocenters. The number of ether oxygens (including phenoxy) is 2. The average molecular weight is 473 g/mol. The number of aromatic nitrogens is 2. The molecule has 0 spiro atoms. The lowest BCUT2D eigenvalue weighted by atomic mass is 9.86. The molecule has 2 heterocycles. The number of anilines is 1. The highest BCUT2D eigenvalue weighted by atomic mass is 32.1. The lowest BCUT2D eigenvalue weighted by Gasteiger charge is -2.34. The van der Waals surface area contributed by atoms with Crippen molar-refractivity contribution in [1.29, 1.82) is 0 Å². The Hall–Kier alpha value is -2.35. The number of piperazine rings is 1. The third-order valence-electron chi connectivity index (χ3n) is 6.63. The van der Waals surface area contributed by atoms with Crippen LogP contribution in [0.5, 0.6) is 11.5 Å². The summed E-state index contributed by atoms with van der Waals surface area (Å²) in [6.45, 7) is 9.33. The number of methoxy groups -OCH3 is 1. The van der Waals surface area contributed by atoms with Crippen molar-refractivity contribution in [2.75, 3.05) is 44.8 Å². The van der Waals surface area contributed by atoms with E-state index in [9.17, 15) is 4.79 Å². The van der Waals surface area contributed by atoms with Crippen LogP contribution in [0.3, 0.4) is 0 Å². The molecule has 1 aromatic carbocycles. The Bertz CT molecular complexity index is 941.